The lowest BCUT2D eigenvalue weighted by molar-refractivity contribution is -0.121. The Hall–Kier alpha value is -2.80. The molecule has 2 N–H and O–H groups in total. The minimum atomic E-state index is -0.0484. The van der Waals surface area contributed by atoms with Crippen molar-refractivity contribution in [2.24, 2.45) is 11.8 Å². The summed E-state index contributed by atoms with van der Waals surface area (Å²) in [4.78, 5) is 25.4. The summed E-state index contributed by atoms with van der Waals surface area (Å²) in [5.41, 5.74) is 1.61. The van der Waals surface area contributed by atoms with E-state index in [1.54, 1.807) is 19.3 Å². The van der Waals surface area contributed by atoms with E-state index in [4.69, 9.17) is 4.42 Å². The highest BCUT2D eigenvalue weighted by atomic mass is 16.4. The second-order valence-electron chi connectivity index (χ2n) is 7.10. The van der Waals surface area contributed by atoms with Crippen molar-refractivity contribution in [2.75, 3.05) is 11.9 Å². The van der Waals surface area contributed by atoms with Crippen molar-refractivity contribution in [2.45, 2.75) is 32.6 Å². The molecule has 0 unspecified atom stereocenters. The minimum Gasteiger partial charge on any atom is -0.441 e. The Morgan fingerprint density at radius 1 is 1.22 bits per heavy atom. The second-order valence-corrected chi connectivity index (χ2v) is 7.10. The molecule has 1 fully saturated rings. The first-order chi connectivity index (χ1) is 13.1. The number of aliphatic hydroxyl groups is 1. The van der Waals surface area contributed by atoms with E-state index in [-0.39, 0.29) is 18.4 Å². The predicted octanol–water partition coefficient (Wildman–Crippen LogP) is 3.33. The van der Waals surface area contributed by atoms with Crippen LogP contribution in [0.15, 0.2) is 35.0 Å². The first-order valence-corrected chi connectivity index (χ1v) is 9.23. The Labute approximate surface area is 156 Å². The van der Waals surface area contributed by atoms with E-state index in [1.807, 2.05) is 18.2 Å². The molecule has 1 saturated carbocycles. The van der Waals surface area contributed by atoms with Gasteiger partial charge in [0.1, 0.15) is 0 Å². The molecule has 3 aromatic rings. The standard InChI is InChI=1S/C20H22N4O3/c1-12-21-10-18(27-12)15-6-7-16-9-22-20(23-17(16)8-15)24-19(26)14-4-2-13(11-25)3-5-14/h6-10,13-14,25H,2-5,11H2,1H3,(H,22,23,24,26). The van der Waals surface area contributed by atoms with Crippen LogP contribution in [0.3, 0.4) is 0 Å². The number of hydrogen-bond donors (Lipinski definition) is 2. The highest BCUT2D eigenvalue weighted by Crippen LogP contribution is 2.29. The molecule has 7 heteroatoms. The number of nitrogens with zero attached hydrogens (tertiary/aromatic N) is 3. The van der Waals surface area contributed by atoms with E-state index in [2.05, 4.69) is 20.3 Å². The lowest BCUT2D eigenvalue weighted by Crippen LogP contribution is -2.28. The zero-order valence-corrected chi connectivity index (χ0v) is 15.2. The molecule has 0 saturated heterocycles. The normalized spacial score (nSPS) is 19.9. The van der Waals surface area contributed by atoms with Crippen LogP contribution in [0.1, 0.15) is 31.6 Å². The molecule has 0 spiro atoms. The van der Waals surface area contributed by atoms with Crippen molar-refractivity contribution in [1.29, 1.82) is 0 Å². The summed E-state index contributed by atoms with van der Waals surface area (Å²) in [5, 5.41) is 13.0. The number of rotatable bonds is 4. The number of fused-ring (bicyclic) bond motifs is 1. The van der Waals surface area contributed by atoms with Gasteiger partial charge in [0.15, 0.2) is 11.7 Å². The molecule has 0 bridgehead atoms. The van der Waals surface area contributed by atoms with Gasteiger partial charge in [0, 0.05) is 36.6 Å². The van der Waals surface area contributed by atoms with Crippen molar-refractivity contribution < 1.29 is 14.3 Å². The molecule has 27 heavy (non-hydrogen) atoms. The van der Waals surface area contributed by atoms with Crippen LogP contribution in [0.2, 0.25) is 0 Å². The maximum Gasteiger partial charge on any atom is 0.229 e. The number of aliphatic hydroxyl groups excluding tert-OH is 1. The summed E-state index contributed by atoms with van der Waals surface area (Å²) in [5.74, 6) is 1.83. The van der Waals surface area contributed by atoms with Crippen LogP contribution in [-0.2, 0) is 4.79 Å². The summed E-state index contributed by atoms with van der Waals surface area (Å²) >= 11 is 0. The number of aryl methyl sites for hydroxylation is 1. The number of benzene rings is 1. The molecule has 2 aromatic heterocycles. The molecular formula is C20H22N4O3. The van der Waals surface area contributed by atoms with Crippen LogP contribution >= 0.6 is 0 Å². The van der Waals surface area contributed by atoms with Gasteiger partial charge in [-0.3, -0.25) is 10.1 Å². The van der Waals surface area contributed by atoms with E-state index in [0.717, 1.165) is 42.1 Å². The van der Waals surface area contributed by atoms with Crippen molar-refractivity contribution in [3.63, 3.8) is 0 Å². The average molecular weight is 366 g/mol. The van der Waals surface area contributed by atoms with Crippen LogP contribution in [0.4, 0.5) is 5.95 Å². The van der Waals surface area contributed by atoms with Gasteiger partial charge in [-0.1, -0.05) is 12.1 Å². The van der Waals surface area contributed by atoms with Gasteiger partial charge >= 0.3 is 0 Å². The Bertz CT molecular complexity index is 961. The molecule has 2 heterocycles. The molecule has 0 radical (unpaired) electrons. The minimum absolute atomic E-state index is 0.0457. The Morgan fingerprint density at radius 3 is 2.74 bits per heavy atom. The SMILES string of the molecule is Cc1ncc(-c2ccc3cnc(NC(=O)C4CCC(CO)CC4)nc3c2)o1. The summed E-state index contributed by atoms with van der Waals surface area (Å²) in [6, 6.07) is 5.76. The number of carbonyl (C=O) groups is 1. The van der Waals surface area contributed by atoms with Gasteiger partial charge < -0.3 is 9.52 Å². The number of carbonyl (C=O) groups excluding carboxylic acids is 1. The summed E-state index contributed by atoms with van der Waals surface area (Å²) in [6.45, 7) is 2.00. The van der Waals surface area contributed by atoms with Crippen molar-refractivity contribution >= 4 is 22.8 Å². The fourth-order valence-corrected chi connectivity index (χ4v) is 3.55. The van der Waals surface area contributed by atoms with Gasteiger partial charge in [-0.05, 0) is 37.7 Å². The van der Waals surface area contributed by atoms with Gasteiger partial charge in [0.05, 0.1) is 11.7 Å². The van der Waals surface area contributed by atoms with Gasteiger partial charge in [0.2, 0.25) is 11.9 Å². The number of nitrogens with one attached hydrogen (secondary N) is 1. The van der Waals surface area contributed by atoms with Crippen LogP contribution in [0, 0.1) is 18.8 Å². The fourth-order valence-electron chi connectivity index (χ4n) is 3.55. The third-order valence-electron chi connectivity index (χ3n) is 5.20. The molecule has 0 atom stereocenters. The van der Waals surface area contributed by atoms with Crippen molar-refractivity contribution in [3.8, 4) is 11.3 Å². The van der Waals surface area contributed by atoms with E-state index in [0.29, 0.717) is 23.5 Å². The smallest absolute Gasteiger partial charge is 0.229 e. The van der Waals surface area contributed by atoms with E-state index < -0.39 is 0 Å². The second kappa shape index (κ2) is 7.44. The number of amides is 1. The fraction of sp³-hybridized carbons (Fsp3) is 0.400. The number of aromatic nitrogens is 3. The molecule has 1 amide bonds. The summed E-state index contributed by atoms with van der Waals surface area (Å²) < 4.78 is 5.57. The highest BCUT2D eigenvalue weighted by Gasteiger charge is 2.26. The first kappa shape index (κ1) is 17.6. The summed E-state index contributed by atoms with van der Waals surface area (Å²) in [6.07, 6.45) is 6.73. The third kappa shape index (κ3) is 3.83. The van der Waals surface area contributed by atoms with E-state index in [9.17, 15) is 9.90 Å². The predicted molar refractivity (Wildman–Crippen MR) is 101 cm³/mol. The zero-order chi connectivity index (χ0) is 18.8. The number of oxazole rings is 1. The largest absolute Gasteiger partial charge is 0.441 e. The first-order valence-electron chi connectivity index (χ1n) is 9.23. The molecule has 140 valence electrons. The Morgan fingerprint density at radius 2 is 2.04 bits per heavy atom. The van der Waals surface area contributed by atoms with Crippen LogP contribution < -0.4 is 5.32 Å². The maximum absolute atomic E-state index is 12.5. The van der Waals surface area contributed by atoms with Gasteiger partial charge in [-0.25, -0.2) is 15.0 Å². The molecule has 1 aromatic carbocycles. The van der Waals surface area contributed by atoms with Crippen LogP contribution in [0.5, 0.6) is 0 Å². The lowest BCUT2D eigenvalue weighted by atomic mass is 9.82. The number of anilines is 1. The maximum atomic E-state index is 12.5. The molecule has 0 aliphatic heterocycles. The highest BCUT2D eigenvalue weighted by molar-refractivity contribution is 5.92. The lowest BCUT2D eigenvalue weighted by Gasteiger charge is -2.26. The summed E-state index contributed by atoms with van der Waals surface area (Å²) in [7, 11) is 0. The van der Waals surface area contributed by atoms with Crippen LogP contribution in [0.25, 0.3) is 22.2 Å². The van der Waals surface area contributed by atoms with Crippen molar-refractivity contribution in [1.82, 2.24) is 15.0 Å². The molecule has 7 nitrogen and oxygen atoms in total. The topological polar surface area (TPSA) is 101 Å². The van der Waals surface area contributed by atoms with Crippen molar-refractivity contribution in [3.05, 3.63) is 36.5 Å². The Balaban J connectivity index is 1.51. The number of hydrogen-bond acceptors (Lipinski definition) is 6. The molecule has 4 rings (SSSR count). The molecule has 1 aliphatic carbocycles. The molecule has 1 aliphatic rings. The van der Waals surface area contributed by atoms with E-state index in [1.165, 1.54) is 0 Å². The average Bonchev–Trinajstić information content (AvgIpc) is 3.14. The van der Waals surface area contributed by atoms with Gasteiger partial charge in [-0.2, -0.15) is 0 Å². The monoisotopic (exact) mass is 366 g/mol. The third-order valence-corrected chi connectivity index (χ3v) is 5.20. The quantitative estimate of drug-likeness (QED) is 0.734. The van der Waals surface area contributed by atoms with Crippen LogP contribution in [-0.4, -0.2) is 32.6 Å². The van der Waals surface area contributed by atoms with E-state index >= 15 is 0 Å². The zero-order valence-electron chi connectivity index (χ0n) is 15.2. The van der Waals surface area contributed by atoms with Gasteiger partial charge in [0.25, 0.3) is 0 Å². The molecular weight excluding hydrogens is 344 g/mol. The van der Waals surface area contributed by atoms with Gasteiger partial charge in [-0.15, -0.1) is 0 Å². The Kier molecular flexibility index (Phi) is 4.85.